The first kappa shape index (κ1) is 12.4. The number of aryl methyl sites for hydroxylation is 1. The Morgan fingerprint density at radius 1 is 1.37 bits per heavy atom. The Hall–Kier alpha value is -1.62. The third-order valence-corrected chi connectivity index (χ3v) is 3.92. The number of imidazole rings is 1. The summed E-state index contributed by atoms with van der Waals surface area (Å²) in [6.07, 6.45) is 10.6. The molecule has 1 fully saturated rings. The van der Waals surface area contributed by atoms with Crippen molar-refractivity contribution in [2.45, 2.75) is 44.2 Å². The molecular formula is C14H20N4O. The summed E-state index contributed by atoms with van der Waals surface area (Å²) in [5.74, 6) is 0.690. The van der Waals surface area contributed by atoms with E-state index in [2.05, 4.69) is 14.8 Å². The minimum Gasteiger partial charge on any atom is -0.385 e. The van der Waals surface area contributed by atoms with Gasteiger partial charge >= 0.3 is 0 Å². The molecule has 1 aliphatic rings. The molecule has 5 nitrogen and oxygen atoms in total. The van der Waals surface area contributed by atoms with Crippen LogP contribution in [0.1, 0.15) is 49.3 Å². The molecule has 0 spiro atoms. The lowest BCUT2D eigenvalue weighted by Gasteiger charge is -2.10. The number of aliphatic hydroxyl groups excluding tert-OH is 1. The molecule has 0 radical (unpaired) electrons. The summed E-state index contributed by atoms with van der Waals surface area (Å²) in [7, 11) is 1.89. The lowest BCUT2D eigenvalue weighted by molar-refractivity contribution is 0.163. The summed E-state index contributed by atoms with van der Waals surface area (Å²) < 4.78 is 3.91. The molecule has 2 heterocycles. The predicted molar refractivity (Wildman–Crippen MR) is 71.6 cm³/mol. The Labute approximate surface area is 112 Å². The van der Waals surface area contributed by atoms with Crippen LogP contribution < -0.4 is 0 Å². The standard InChI is InChI=1S/C14H20N4O/c1-17-9-7-15-14(17)13(19)10-11-6-8-18(16-11)12-4-2-3-5-12/h6-9,12-13,19H,2-5,10H2,1H3. The fraction of sp³-hybridized carbons (Fsp3) is 0.571. The van der Waals surface area contributed by atoms with Gasteiger partial charge in [-0.05, 0) is 18.9 Å². The summed E-state index contributed by atoms with van der Waals surface area (Å²) in [5, 5.41) is 14.8. The first-order valence-electron chi connectivity index (χ1n) is 6.93. The second kappa shape index (κ2) is 5.17. The average Bonchev–Trinajstić information content (AvgIpc) is 3.07. The van der Waals surface area contributed by atoms with Crippen LogP contribution in [-0.2, 0) is 13.5 Å². The summed E-state index contributed by atoms with van der Waals surface area (Å²) >= 11 is 0. The summed E-state index contributed by atoms with van der Waals surface area (Å²) in [4.78, 5) is 4.17. The number of aliphatic hydroxyl groups is 1. The molecule has 2 aromatic heterocycles. The highest BCUT2D eigenvalue weighted by Crippen LogP contribution is 2.29. The van der Waals surface area contributed by atoms with Gasteiger partial charge in [0.15, 0.2) is 0 Å². The minimum atomic E-state index is -0.591. The van der Waals surface area contributed by atoms with Gasteiger partial charge < -0.3 is 9.67 Å². The lowest BCUT2D eigenvalue weighted by atomic mass is 10.2. The van der Waals surface area contributed by atoms with E-state index in [1.165, 1.54) is 25.7 Å². The lowest BCUT2D eigenvalue weighted by Crippen LogP contribution is -2.10. The van der Waals surface area contributed by atoms with Crippen molar-refractivity contribution in [3.05, 3.63) is 36.2 Å². The van der Waals surface area contributed by atoms with Crippen LogP contribution in [0.2, 0.25) is 0 Å². The topological polar surface area (TPSA) is 55.9 Å². The maximum atomic E-state index is 10.2. The Balaban J connectivity index is 1.68. The molecule has 0 aliphatic heterocycles. The van der Waals surface area contributed by atoms with Crippen LogP contribution in [0.4, 0.5) is 0 Å². The zero-order valence-corrected chi connectivity index (χ0v) is 11.2. The number of hydrogen-bond donors (Lipinski definition) is 1. The molecule has 102 valence electrons. The molecule has 0 saturated heterocycles. The molecule has 1 aliphatic carbocycles. The number of nitrogens with zero attached hydrogens (tertiary/aromatic N) is 4. The normalized spacial score (nSPS) is 18.0. The number of aromatic nitrogens is 4. The molecule has 1 N–H and O–H groups in total. The van der Waals surface area contributed by atoms with Crippen molar-refractivity contribution in [3.8, 4) is 0 Å². The highest BCUT2D eigenvalue weighted by molar-refractivity contribution is 5.06. The molecule has 0 amide bonds. The van der Waals surface area contributed by atoms with Crippen LogP contribution in [-0.4, -0.2) is 24.4 Å². The van der Waals surface area contributed by atoms with Gasteiger partial charge in [0.05, 0.1) is 11.7 Å². The fourth-order valence-electron chi connectivity index (χ4n) is 2.85. The van der Waals surface area contributed by atoms with Crippen molar-refractivity contribution < 1.29 is 5.11 Å². The molecule has 1 unspecified atom stereocenters. The molecule has 5 heteroatoms. The van der Waals surface area contributed by atoms with E-state index < -0.39 is 6.10 Å². The Morgan fingerprint density at radius 2 is 2.16 bits per heavy atom. The van der Waals surface area contributed by atoms with Crippen LogP contribution in [0.3, 0.4) is 0 Å². The van der Waals surface area contributed by atoms with E-state index in [-0.39, 0.29) is 0 Å². The largest absolute Gasteiger partial charge is 0.385 e. The summed E-state index contributed by atoms with van der Waals surface area (Å²) in [5.41, 5.74) is 0.933. The van der Waals surface area contributed by atoms with E-state index in [4.69, 9.17) is 0 Å². The van der Waals surface area contributed by atoms with Crippen molar-refractivity contribution in [2.24, 2.45) is 7.05 Å². The zero-order valence-electron chi connectivity index (χ0n) is 11.2. The quantitative estimate of drug-likeness (QED) is 0.915. The summed E-state index contributed by atoms with van der Waals surface area (Å²) in [6, 6.07) is 2.56. The van der Waals surface area contributed by atoms with Gasteiger partial charge in [0.2, 0.25) is 0 Å². The van der Waals surface area contributed by atoms with E-state index in [0.717, 1.165) is 5.69 Å². The Morgan fingerprint density at radius 3 is 2.84 bits per heavy atom. The van der Waals surface area contributed by atoms with Crippen molar-refractivity contribution >= 4 is 0 Å². The van der Waals surface area contributed by atoms with Crippen molar-refractivity contribution in [3.63, 3.8) is 0 Å². The molecule has 3 rings (SSSR count). The van der Waals surface area contributed by atoms with Crippen molar-refractivity contribution in [1.29, 1.82) is 0 Å². The molecule has 1 saturated carbocycles. The van der Waals surface area contributed by atoms with E-state index in [0.29, 0.717) is 18.3 Å². The molecule has 0 bridgehead atoms. The number of hydrogen-bond acceptors (Lipinski definition) is 3. The summed E-state index contributed by atoms with van der Waals surface area (Å²) in [6.45, 7) is 0. The van der Waals surface area contributed by atoms with Crippen molar-refractivity contribution in [1.82, 2.24) is 19.3 Å². The monoisotopic (exact) mass is 260 g/mol. The van der Waals surface area contributed by atoms with Gasteiger partial charge in [-0.1, -0.05) is 12.8 Å². The van der Waals surface area contributed by atoms with Crippen LogP contribution >= 0.6 is 0 Å². The highest BCUT2D eigenvalue weighted by Gasteiger charge is 2.19. The van der Waals surface area contributed by atoms with Gasteiger partial charge in [0, 0.05) is 32.1 Å². The predicted octanol–water partition coefficient (Wildman–Crippen LogP) is 2.01. The number of rotatable bonds is 4. The van der Waals surface area contributed by atoms with Crippen LogP contribution in [0.25, 0.3) is 0 Å². The first-order chi connectivity index (χ1) is 9.24. The fourth-order valence-corrected chi connectivity index (χ4v) is 2.85. The average molecular weight is 260 g/mol. The van der Waals surface area contributed by atoms with Gasteiger partial charge in [-0.15, -0.1) is 0 Å². The third-order valence-electron chi connectivity index (χ3n) is 3.92. The van der Waals surface area contributed by atoms with E-state index in [1.54, 1.807) is 6.20 Å². The van der Waals surface area contributed by atoms with Gasteiger partial charge in [-0.2, -0.15) is 5.10 Å². The van der Waals surface area contributed by atoms with Crippen LogP contribution in [0.5, 0.6) is 0 Å². The van der Waals surface area contributed by atoms with E-state index in [1.807, 2.05) is 30.1 Å². The Kier molecular flexibility index (Phi) is 3.38. The minimum absolute atomic E-state index is 0.518. The third kappa shape index (κ3) is 2.56. The zero-order chi connectivity index (χ0) is 13.2. The first-order valence-corrected chi connectivity index (χ1v) is 6.93. The SMILES string of the molecule is Cn1ccnc1C(O)Cc1ccn(C2CCCC2)n1. The van der Waals surface area contributed by atoms with E-state index in [9.17, 15) is 5.11 Å². The van der Waals surface area contributed by atoms with Gasteiger partial charge in [0.1, 0.15) is 11.9 Å². The maximum Gasteiger partial charge on any atom is 0.137 e. The Bertz CT molecular complexity index is 539. The second-order valence-corrected chi connectivity index (χ2v) is 5.34. The van der Waals surface area contributed by atoms with Crippen LogP contribution in [0, 0.1) is 0 Å². The molecule has 0 aromatic carbocycles. The van der Waals surface area contributed by atoms with Gasteiger partial charge in [-0.3, -0.25) is 4.68 Å². The smallest absolute Gasteiger partial charge is 0.137 e. The molecule has 19 heavy (non-hydrogen) atoms. The molecule has 1 atom stereocenters. The van der Waals surface area contributed by atoms with Crippen molar-refractivity contribution in [2.75, 3.05) is 0 Å². The van der Waals surface area contributed by atoms with Crippen LogP contribution in [0.15, 0.2) is 24.7 Å². The van der Waals surface area contributed by atoms with E-state index >= 15 is 0 Å². The second-order valence-electron chi connectivity index (χ2n) is 5.34. The molecule has 2 aromatic rings. The van der Waals surface area contributed by atoms with Gasteiger partial charge in [0.25, 0.3) is 0 Å². The highest BCUT2D eigenvalue weighted by atomic mass is 16.3. The molecular weight excluding hydrogens is 240 g/mol. The van der Waals surface area contributed by atoms with Gasteiger partial charge in [-0.25, -0.2) is 4.98 Å². The maximum absolute atomic E-state index is 10.2.